The number of H-pyrrole nitrogens is 1. The summed E-state index contributed by atoms with van der Waals surface area (Å²) in [5, 5.41) is 3.58. The summed E-state index contributed by atoms with van der Waals surface area (Å²) in [6.45, 7) is 1.14. The van der Waals surface area contributed by atoms with Crippen LogP contribution in [0.15, 0.2) is 121 Å². The van der Waals surface area contributed by atoms with Crippen LogP contribution in [0.4, 0.5) is 10.5 Å². The van der Waals surface area contributed by atoms with E-state index in [2.05, 4.69) is 15.3 Å². The largest absolute Gasteiger partial charge is 0.452 e. The lowest BCUT2D eigenvalue weighted by molar-refractivity contribution is -0.119. The van der Waals surface area contributed by atoms with Crippen LogP contribution < -0.4 is 16.0 Å². The molecule has 1 fully saturated rings. The highest BCUT2D eigenvalue weighted by Gasteiger charge is 2.36. The lowest BCUT2D eigenvalue weighted by atomic mass is 9.84. The third-order valence-electron chi connectivity index (χ3n) is 8.62. The van der Waals surface area contributed by atoms with Crippen LogP contribution >= 0.6 is 0 Å². The number of aromatic nitrogens is 2. The normalized spacial score (nSPS) is 16.8. The Labute approximate surface area is 274 Å². The first-order valence-corrected chi connectivity index (χ1v) is 15.8. The van der Waals surface area contributed by atoms with E-state index in [0.717, 1.165) is 38.7 Å². The SMILES string of the molecule is COC(=O)N(C(=O)[C@@H](N)C(c1ccccc1)c1ccccc1)c1ccccc1CC[C@@H]1CN[C@H](c2cnc(-c3ccccc3)[nH]2)CO1. The van der Waals surface area contributed by atoms with Crippen LogP contribution in [0.3, 0.4) is 0 Å². The average molecular weight is 630 g/mol. The average Bonchev–Trinajstić information content (AvgIpc) is 3.63. The molecule has 0 spiro atoms. The summed E-state index contributed by atoms with van der Waals surface area (Å²) in [4.78, 5) is 36.5. The number of nitrogens with one attached hydrogen (secondary N) is 2. The maximum atomic E-state index is 14.2. The maximum Gasteiger partial charge on any atom is 0.420 e. The van der Waals surface area contributed by atoms with E-state index in [-0.39, 0.29) is 12.1 Å². The zero-order chi connectivity index (χ0) is 32.6. The minimum atomic E-state index is -1.06. The van der Waals surface area contributed by atoms with Gasteiger partial charge in [0.15, 0.2) is 0 Å². The fraction of sp³-hybridized carbons (Fsp3) is 0.237. The Morgan fingerprint density at radius 1 is 0.915 bits per heavy atom. The number of anilines is 1. The van der Waals surface area contributed by atoms with Crippen molar-refractivity contribution in [2.75, 3.05) is 25.2 Å². The van der Waals surface area contributed by atoms with Gasteiger partial charge in [0, 0.05) is 18.0 Å². The zero-order valence-corrected chi connectivity index (χ0v) is 26.3. The highest BCUT2D eigenvalue weighted by molar-refractivity contribution is 6.15. The summed E-state index contributed by atoms with van der Waals surface area (Å²) in [6, 6.07) is 35.6. The molecule has 6 rings (SSSR count). The lowest BCUT2D eigenvalue weighted by Gasteiger charge is -2.31. The Morgan fingerprint density at radius 2 is 1.53 bits per heavy atom. The molecule has 1 aromatic heterocycles. The maximum absolute atomic E-state index is 14.2. The van der Waals surface area contributed by atoms with E-state index in [0.29, 0.717) is 31.7 Å². The quantitative estimate of drug-likeness (QED) is 0.173. The number of aromatic amines is 1. The Morgan fingerprint density at radius 3 is 2.15 bits per heavy atom. The molecule has 0 saturated carbocycles. The van der Waals surface area contributed by atoms with Crippen molar-refractivity contribution in [3.8, 4) is 11.4 Å². The lowest BCUT2D eigenvalue weighted by Crippen LogP contribution is -2.50. The van der Waals surface area contributed by atoms with Gasteiger partial charge in [0.25, 0.3) is 5.91 Å². The number of ether oxygens (including phenoxy) is 2. The number of carbonyl (C=O) groups is 2. The minimum absolute atomic E-state index is 0.000372. The molecule has 47 heavy (non-hydrogen) atoms. The van der Waals surface area contributed by atoms with Crippen LogP contribution in [0.2, 0.25) is 0 Å². The number of morpholine rings is 1. The van der Waals surface area contributed by atoms with Crippen LogP contribution in [-0.4, -0.2) is 54.4 Å². The van der Waals surface area contributed by atoms with Crippen LogP contribution in [-0.2, 0) is 20.7 Å². The van der Waals surface area contributed by atoms with Crippen molar-refractivity contribution >= 4 is 17.7 Å². The third-order valence-corrected chi connectivity index (χ3v) is 8.62. The molecule has 0 unspecified atom stereocenters. The van der Waals surface area contributed by atoms with Crippen molar-refractivity contribution in [2.45, 2.75) is 36.9 Å². The van der Waals surface area contributed by atoms with Gasteiger partial charge in [0.2, 0.25) is 0 Å². The number of nitrogens with two attached hydrogens (primary N) is 1. The number of aryl methyl sites for hydroxylation is 1. The molecule has 9 heteroatoms. The minimum Gasteiger partial charge on any atom is -0.452 e. The van der Waals surface area contributed by atoms with Crippen molar-refractivity contribution in [3.63, 3.8) is 0 Å². The van der Waals surface area contributed by atoms with Gasteiger partial charge < -0.3 is 25.5 Å². The van der Waals surface area contributed by atoms with Crippen molar-refractivity contribution in [1.29, 1.82) is 0 Å². The van der Waals surface area contributed by atoms with Crippen LogP contribution in [0.5, 0.6) is 0 Å². The molecule has 9 nitrogen and oxygen atoms in total. The monoisotopic (exact) mass is 629 g/mol. The number of imidazole rings is 1. The smallest absolute Gasteiger partial charge is 0.420 e. The summed E-state index contributed by atoms with van der Waals surface area (Å²) in [5.74, 6) is -0.197. The Hall–Kier alpha value is -5.09. The Balaban J connectivity index is 1.15. The summed E-state index contributed by atoms with van der Waals surface area (Å²) >= 11 is 0. The summed E-state index contributed by atoms with van der Waals surface area (Å²) < 4.78 is 11.4. The Bertz CT molecular complexity index is 1720. The topological polar surface area (TPSA) is 123 Å². The molecule has 1 saturated heterocycles. The predicted molar refractivity (Wildman–Crippen MR) is 182 cm³/mol. The highest BCUT2D eigenvalue weighted by Crippen LogP contribution is 2.31. The van der Waals surface area contributed by atoms with Gasteiger partial charge >= 0.3 is 6.09 Å². The van der Waals surface area contributed by atoms with Gasteiger partial charge in [0.05, 0.1) is 49.5 Å². The van der Waals surface area contributed by atoms with Gasteiger partial charge in [-0.05, 0) is 35.6 Å². The van der Waals surface area contributed by atoms with Crippen molar-refractivity contribution in [3.05, 3.63) is 144 Å². The molecule has 2 heterocycles. The fourth-order valence-corrected chi connectivity index (χ4v) is 6.14. The second kappa shape index (κ2) is 15.0. The highest BCUT2D eigenvalue weighted by atomic mass is 16.5. The molecule has 4 aromatic carbocycles. The van der Waals surface area contributed by atoms with Crippen molar-refractivity contribution in [1.82, 2.24) is 15.3 Å². The summed E-state index contributed by atoms with van der Waals surface area (Å²) in [7, 11) is 1.27. The molecule has 5 aromatic rings. The molecule has 3 atom stereocenters. The molecule has 0 bridgehead atoms. The summed E-state index contributed by atoms with van der Waals surface area (Å²) in [6.07, 6.45) is 2.27. The third kappa shape index (κ3) is 7.33. The van der Waals surface area contributed by atoms with E-state index < -0.39 is 24.0 Å². The number of amides is 2. The van der Waals surface area contributed by atoms with E-state index in [1.165, 1.54) is 7.11 Å². The molecular formula is C38H39N5O4. The Kier molecular flexibility index (Phi) is 10.2. The number of nitrogens with zero attached hydrogens (tertiary/aromatic N) is 2. The van der Waals surface area contributed by atoms with Gasteiger partial charge in [-0.25, -0.2) is 14.7 Å². The zero-order valence-electron chi connectivity index (χ0n) is 26.3. The first kappa shape index (κ1) is 31.9. The van der Waals surface area contributed by atoms with E-state index >= 15 is 0 Å². The van der Waals surface area contributed by atoms with Gasteiger partial charge in [-0.2, -0.15) is 0 Å². The van der Waals surface area contributed by atoms with Crippen LogP contribution in [0, 0.1) is 0 Å². The number of rotatable bonds is 10. The molecule has 2 amide bonds. The molecular weight excluding hydrogens is 590 g/mol. The molecule has 0 aliphatic carbocycles. The van der Waals surface area contributed by atoms with Crippen LogP contribution in [0.1, 0.15) is 40.8 Å². The first-order valence-electron chi connectivity index (χ1n) is 15.8. The van der Waals surface area contributed by atoms with E-state index in [1.54, 1.807) is 12.1 Å². The number of hydrogen-bond donors (Lipinski definition) is 3. The second-order valence-corrected chi connectivity index (χ2v) is 11.6. The van der Waals surface area contributed by atoms with E-state index in [9.17, 15) is 9.59 Å². The fourth-order valence-electron chi connectivity index (χ4n) is 6.14. The number of imide groups is 1. The van der Waals surface area contributed by atoms with Gasteiger partial charge in [-0.1, -0.05) is 109 Å². The molecule has 4 N–H and O–H groups in total. The number of methoxy groups -OCH3 is 1. The standard InChI is InChI=1S/C38H39N5O4/c1-46-38(45)43(37(44)35(39)34(27-14-5-2-6-15-27)28-16-7-3-8-17-28)33-20-12-11-13-26(33)21-22-30-23-40-32(25-47-30)31-24-41-36(42-31)29-18-9-4-10-19-29/h2-20,24,30,32,34-35,40H,21-23,25,39H2,1H3,(H,41,42)/t30-,32+,35+/m1/s1. The predicted octanol–water partition coefficient (Wildman–Crippen LogP) is 6.00. The second-order valence-electron chi connectivity index (χ2n) is 11.6. The molecule has 0 radical (unpaired) electrons. The van der Waals surface area contributed by atoms with Crippen molar-refractivity contribution < 1.29 is 19.1 Å². The van der Waals surface area contributed by atoms with E-state index in [1.807, 2.05) is 109 Å². The molecule has 240 valence electrons. The van der Waals surface area contributed by atoms with Crippen molar-refractivity contribution in [2.24, 2.45) is 5.73 Å². The van der Waals surface area contributed by atoms with Gasteiger partial charge in [-0.3, -0.25) is 4.79 Å². The number of carbonyl (C=O) groups excluding carboxylic acids is 2. The van der Waals surface area contributed by atoms with E-state index in [4.69, 9.17) is 15.2 Å². The number of hydrogen-bond acceptors (Lipinski definition) is 7. The molecule has 1 aliphatic rings. The number of benzene rings is 4. The van der Waals surface area contributed by atoms with Crippen LogP contribution in [0.25, 0.3) is 11.4 Å². The molecule has 1 aliphatic heterocycles. The summed E-state index contributed by atoms with van der Waals surface area (Å²) in [5.41, 5.74) is 11.8. The first-order chi connectivity index (χ1) is 23.0. The number of para-hydroxylation sites is 1. The van der Waals surface area contributed by atoms with Gasteiger partial charge in [0.1, 0.15) is 5.82 Å². The van der Waals surface area contributed by atoms with Gasteiger partial charge in [-0.15, -0.1) is 0 Å².